The van der Waals surface area contributed by atoms with Crippen LogP contribution in [0, 0.1) is 6.92 Å². The molecular formula is C11H12N2OS. The smallest absolute Gasteiger partial charge is 0.237 e. The highest BCUT2D eigenvalue weighted by atomic mass is 32.1. The summed E-state index contributed by atoms with van der Waals surface area (Å²) >= 11 is 1.66. The molecule has 0 fully saturated rings. The Kier molecular flexibility index (Phi) is 2.87. The fourth-order valence-corrected chi connectivity index (χ4v) is 1.81. The molecule has 0 spiro atoms. The minimum absolute atomic E-state index is 0.517. The second-order valence-corrected chi connectivity index (χ2v) is 4.25. The zero-order valence-electron chi connectivity index (χ0n) is 8.43. The van der Waals surface area contributed by atoms with Crippen molar-refractivity contribution in [2.24, 2.45) is 0 Å². The number of anilines is 1. The normalized spacial score (nSPS) is 10.2. The summed E-state index contributed by atoms with van der Waals surface area (Å²) in [6.07, 6.45) is 0. The van der Waals surface area contributed by atoms with E-state index in [0.717, 1.165) is 10.6 Å². The average molecular weight is 220 g/mol. The predicted molar refractivity (Wildman–Crippen MR) is 62.0 cm³/mol. The van der Waals surface area contributed by atoms with Gasteiger partial charge in [0.2, 0.25) is 5.88 Å². The van der Waals surface area contributed by atoms with Gasteiger partial charge in [0.05, 0.1) is 5.69 Å². The van der Waals surface area contributed by atoms with E-state index in [4.69, 9.17) is 10.5 Å². The van der Waals surface area contributed by atoms with Gasteiger partial charge in [-0.15, -0.1) is 11.3 Å². The van der Waals surface area contributed by atoms with Gasteiger partial charge in [-0.05, 0) is 30.5 Å². The van der Waals surface area contributed by atoms with Crippen molar-refractivity contribution in [2.75, 3.05) is 5.73 Å². The Morgan fingerprint density at radius 1 is 1.40 bits per heavy atom. The Morgan fingerprint density at radius 3 is 3.00 bits per heavy atom. The van der Waals surface area contributed by atoms with Crippen LogP contribution in [0.2, 0.25) is 0 Å². The van der Waals surface area contributed by atoms with E-state index in [0.29, 0.717) is 18.2 Å². The van der Waals surface area contributed by atoms with Crippen LogP contribution in [-0.2, 0) is 6.61 Å². The number of thiophene rings is 1. The Hall–Kier alpha value is -1.55. The van der Waals surface area contributed by atoms with E-state index in [1.54, 1.807) is 11.3 Å². The molecule has 78 valence electrons. The zero-order chi connectivity index (χ0) is 10.7. The van der Waals surface area contributed by atoms with E-state index >= 15 is 0 Å². The Balaban J connectivity index is 2.07. The minimum Gasteiger partial charge on any atom is -0.470 e. The third-order valence-corrected chi connectivity index (χ3v) is 2.81. The molecule has 0 saturated heterocycles. The number of hydrogen-bond acceptors (Lipinski definition) is 4. The van der Waals surface area contributed by atoms with Crippen molar-refractivity contribution in [1.29, 1.82) is 0 Å². The zero-order valence-corrected chi connectivity index (χ0v) is 9.25. The van der Waals surface area contributed by atoms with Crippen LogP contribution in [0.3, 0.4) is 0 Å². The molecule has 0 radical (unpaired) electrons. The van der Waals surface area contributed by atoms with Crippen LogP contribution >= 0.6 is 11.3 Å². The standard InChI is InChI=1S/C11H12N2OS/c1-8-4-5-10(12)11(13-8)14-7-9-3-2-6-15-9/h2-6H,7,12H2,1H3. The molecule has 0 atom stereocenters. The largest absolute Gasteiger partial charge is 0.470 e. The van der Waals surface area contributed by atoms with Gasteiger partial charge in [-0.25, -0.2) is 4.98 Å². The molecule has 0 aliphatic rings. The number of hydrogen-bond donors (Lipinski definition) is 1. The van der Waals surface area contributed by atoms with Crippen molar-refractivity contribution in [2.45, 2.75) is 13.5 Å². The van der Waals surface area contributed by atoms with Crippen LogP contribution in [0.5, 0.6) is 5.88 Å². The lowest BCUT2D eigenvalue weighted by molar-refractivity contribution is 0.298. The number of nitrogens with zero attached hydrogens (tertiary/aromatic N) is 1. The molecule has 0 amide bonds. The van der Waals surface area contributed by atoms with Crippen molar-refractivity contribution < 1.29 is 4.74 Å². The first-order valence-corrected chi connectivity index (χ1v) is 5.52. The predicted octanol–water partition coefficient (Wildman–Crippen LogP) is 2.61. The van der Waals surface area contributed by atoms with E-state index in [2.05, 4.69) is 4.98 Å². The van der Waals surface area contributed by atoms with E-state index in [-0.39, 0.29) is 0 Å². The molecule has 0 saturated carbocycles. The second kappa shape index (κ2) is 4.31. The molecule has 0 unspecified atom stereocenters. The second-order valence-electron chi connectivity index (χ2n) is 3.22. The summed E-state index contributed by atoms with van der Waals surface area (Å²) in [5, 5.41) is 2.02. The molecule has 2 N–H and O–H groups in total. The minimum atomic E-state index is 0.517. The van der Waals surface area contributed by atoms with Crippen molar-refractivity contribution in [1.82, 2.24) is 4.98 Å². The van der Waals surface area contributed by atoms with E-state index in [1.807, 2.05) is 36.6 Å². The first-order chi connectivity index (χ1) is 7.25. The average Bonchev–Trinajstić information content (AvgIpc) is 2.72. The molecule has 2 heterocycles. The number of nitrogens with two attached hydrogens (primary N) is 1. The summed E-state index contributed by atoms with van der Waals surface area (Å²) in [4.78, 5) is 5.39. The fraction of sp³-hybridized carbons (Fsp3) is 0.182. The first-order valence-electron chi connectivity index (χ1n) is 4.64. The molecule has 0 aliphatic heterocycles. The van der Waals surface area contributed by atoms with Gasteiger partial charge in [-0.2, -0.15) is 0 Å². The molecule has 2 aromatic heterocycles. The lowest BCUT2D eigenvalue weighted by atomic mass is 10.3. The monoisotopic (exact) mass is 220 g/mol. The van der Waals surface area contributed by atoms with Gasteiger partial charge in [0.15, 0.2) is 0 Å². The molecule has 15 heavy (non-hydrogen) atoms. The quantitative estimate of drug-likeness (QED) is 0.865. The maximum absolute atomic E-state index is 5.74. The van der Waals surface area contributed by atoms with E-state index in [1.165, 1.54) is 0 Å². The van der Waals surface area contributed by atoms with Crippen molar-refractivity contribution in [3.05, 3.63) is 40.2 Å². The first kappa shape index (κ1) is 9.98. The summed E-state index contributed by atoms with van der Waals surface area (Å²) in [6.45, 7) is 2.44. The van der Waals surface area contributed by atoms with Crippen LogP contribution < -0.4 is 10.5 Å². The number of rotatable bonds is 3. The van der Waals surface area contributed by atoms with Crippen LogP contribution in [0.4, 0.5) is 5.69 Å². The topological polar surface area (TPSA) is 48.1 Å². The number of aromatic nitrogens is 1. The van der Waals surface area contributed by atoms with Gasteiger partial charge in [0.25, 0.3) is 0 Å². The van der Waals surface area contributed by atoms with Gasteiger partial charge in [0, 0.05) is 10.6 Å². The highest BCUT2D eigenvalue weighted by molar-refractivity contribution is 7.09. The molecule has 0 aliphatic carbocycles. The van der Waals surface area contributed by atoms with Gasteiger partial charge < -0.3 is 10.5 Å². The molecule has 3 nitrogen and oxygen atoms in total. The summed E-state index contributed by atoms with van der Waals surface area (Å²) in [6, 6.07) is 7.70. The molecule has 2 rings (SSSR count). The lowest BCUT2D eigenvalue weighted by Crippen LogP contribution is -2.00. The number of pyridine rings is 1. The van der Waals surface area contributed by atoms with Crippen molar-refractivity contribution >= 4 is 17.0 Å². The van der Waals surface area contributed by atoms with Crippen LogP contribution in [0.1, 0.15) is 10.6 Å². The Labute approximate surface area is 92.5 Å². The summed E-state index contributed by atoms with van der Waals surface area (Å²) in [5.41, 5.74) is 7.23. The van der Waals surface area contributed by atoms with E-state index < -0.39 is 0 Å². The molecule has 4 heteroatoms. The summed E-state index contributed by atoms with van der Waals surface area (Å²) in [5.74, 6) is 0.517. The van der Waals surface area contributed by atoms with Gasteiger partial charge in [-0.3, -0.25) is 0 Å². The highest BCUT2D eigenvalue weighted by Gasteiger charge is 2.03. The molecule has 2 aromatic rings. The maximum atomic E-state index is 5.74. The van der Waals surface area contributed by atoms with Crippen molar-refractivity contribution in [3.63, 3.8) is 0 Å². The van der Waals surface area contributed by atoms with Crippen LogP contribution in [0.25, 0.3) is 0 Å². The maximum Gasteiger partial charge on any atom is 0.237 e. The summed E-state index contributed by atoms with van der Waals surface area (Å²) in [7, 11) is 0. The SMILES string of the molecule is Cc1ccc(N)c(OCc2cccs2)n1. The Bertz CT molecular complexity index is 440. The van der Waals surface area contributed by atoms with E-state index in [9.17, 15) is 0 Å². The van der Waals surface area contributed by atoms with Gasteiger partial charge in [0.1, 0.15) is 6.61 Å². The number of ether oxygens (including phenoxy) is 1. The number of nitrogen functional groups attached to an aromatic ring is 1. The van der Waals surface area contributed by atoms with Crippen molar-refractivity contribution in [3.8, 4) is 5.88 Å². The Morgan fingerprint density at radius 2 is 2.27 bits per heavy atom. The third-order valence-electron chi connectivity index (χ3n) is 1.96. The van der Waals surface area contributed by atoms with Gasteiger partial charge in [-0.1, -0.05) is 6.07 Å². The lowest BCUT2D eigenvalue weighted by Gasteiger charge is -2.06. The highest BCUT2D eigenvalue weighted by Crippen LogP contribution is 2.20. The summed E-state index contributed by atoms with van der Waals surface area (Å²) < 4.78 is 5.54. The van der Waals surface area contributed by atoms with Crippen LogP contribution in [-0.4, -0.2) is 4.98 Å². The fourth-order valence-electron chi connectivity index (χ4n) is 1.19. The molecular weight excluding hydrogens is 208 g/mol. The molecule has 0 aromatic carbocycles. The number of aryl methyl sites for hydroxylation is 1. The van der Waals surface area contributed by atoms with Crippen LogP contribution in [0.15, 0.2) is 29.6 Å². The third kappa shape index (κ3) is 2.47. The molecule has 0 bridgehead atoms. The van der Waals surface area contributed by atoms with Gasteiger partial charge >= 0.3 is 0 Å².